The second kappa shape index (κ2) is 6.77. The number of hydrogen-bond donors (Lipinski definition) is 0. The van der Waals surface area contributed by atoms with Gasteiger partial charge < -0.3 is 9.58 Å². The summed E-state index contributed by atoms with van der Waals surface area (Å²) in [6.45, 7) is 14.4. The molecule has 0 radical (unpaired) electrons. The summed E-state index contributed by atoms with van der Waals surface area (Å²) in [5, 5.41) is 9.40. The molecule has 0 atom stereocenters. The predicted octanol–water partition coefficient (Wildman–Crippen LogP) is 3.61. The molecule has 25 heavy (non-hydrogen) atoms. The zero-order chi connectivity index (χ0) is 18.0. The summed E-state index contributed by atoms with van der Waals surface area (Å²) in [6, 6.07) is 5.70. The molecule has 1 aromatic carbocycles. The van der Waals surface area contributed by atoms with E-state index in [2.05, 4.69) is 28.9 Å². The third kappa shape index (κ3) is 3.24. The van der Waals surface area contributed by atoms with Crippen LogP contribution in [0.5, 0.6) is 0 Å². The fraction of sp³-hybridized carbons (Fsp3) is 0.333. The van der Waals surface area contributed by atoms with Gasteiger partial charge in [0.15, 0.2) is 0 Å². The summed E-state index contributed by atoms with van der Waals surface area (Å²) >= 11 is 0. The number of aromatic nitrogens is 4. The van der Waals surface area contributed by atoms with E-state index >= 15 is 0 Å². The Hall–Kier alpha value is -3.14. The topological polar surface area (TPSA) is 66.3 Å². The van der Waals surface area contributed by atoms with Gasteiger partial charge in [-0.2, -0.15) is 9.78 Å². The Morgan fingerprint density at radius 1 is 1.40 bits per heavy atom. The van der Waals surface area contributed by atoms with Crippen LogP contribution in [0.4, 0.5) is 5.82 Å². The van der Waals surface area contributed by atoms with Crippen molar-refractivity contribution in [3.8, 4) is 5.69 Å². The lowest BCUT2D eigenvalue weighted by molar-refractivity contribution is 0.0526. The Morgan fingerprint density at radius 3 is 2.88 bits per heavy atom. The Morgan fingerprint density at radius 2 is 2.20 bits per heavy atom. The number of esters is 1. The van der Waals surface area contributed by atoms with Gasteiger partial charge in [-0.3, -0.25) is 0 Å². The van der Waals surface area contributed by atoms with Gasteiger partial charge in [-0.05, 0) is 36.1 Å². The highest BCUT2D eigenvalue weighted by atomic mass is 16.5. The average Bonchev–Trinajstić information content (AvgIpc) is 3.19. The molecule has 0 fully saturated rings. The van der Waals surface area contributed by atoms with Gasteiger partial charge in [0.2, 0.25) is 0 Å². The van der Waals surface area contributed by atoms with Gasteiger partial charge in [0, 0.05) is 11.6 Å². The van der Waals surface area contributed by atoms with Crippen molar-refractivity contribution in [2.75, 3.05) is 6.61 Å². The molecule has 7 nitrogen and oxygen atoms in total. The van der Waals surface area contributed by atoms with E-state index in [0.717, 1.165) is 23.1 Å². The molecule has 0 bridgehead atoms. The van der Waals surface area contributed by atoms with Crippen molar-refractivity contribution in [3.63, 3.8) is 0 Å². The fourth-order valence-corrected chi connectivity index (χ4v) is 2.64. The van der Waals surface area contributed by atoms with Gasteiger partial charge in [0.05, 0.1) is 36.1 Å². The second-order valence-electron chi connectivity index (χ2n) is 6.11. The zero-order valence-corrected chi connectivity index (χ0v) is 14.4. The molecule has 0 aliphatic heterocycles. The van der Waals surface area contributed by atoms with Crippen LogP contribution in [0, 0.1) is 12.5 Å². The van der Waals surface area contributed by atoms with Crippen molar-refractivity contribution < 1.29 is 9.53 Å². The quantitative estimate of drug-likeness (QED) is 0.527. The highest BCUT2D eigenvalue weighted by molar-refractivity contribution is 5.92. The van der Waals surface area contributed by atoms with E-state index in [1.54, 1.807) is 17.8 Å². The minimum atomic E-state index is -0.401. The number of rotatable bonds is 5. The highest BCUT2D eigenvalue weighted by Crippen LogP contribution is 2.28. The molecule has 0 unspecified atom stereocenters. The first-order chi connectivity index (χ1) is 12.0. The lowest BCUT2D eigenvalue weighted by Crippen LogP contribution is -2.05. The van der Waals surface area contributed by atoms with E-state index in [-0.39, 0.29) is 0 Å². The molecule has 0 saturated carbocycles. The lowest BCUT2D eigenvalue weighted by atomic mass is 10.2. The minimum Gasteiger partial charge on any atom is -0.462 e. The summed E-state index contributed by atoms with van der Waals surface area (Å²) in [5.41, 5.74) is 2.07. The van der Waals surface area contributed by atoms with E-state index in [1.807, 2.05) is 22.9 Å². The molecule has 0 N–H and O–H groups in total. The van der Waals surface area contributed by atoms with Gasteiger partial charge in [-0.15, -0.1) is 0 Å². The van der Waals surface area contributed by atoms with Crippen LogP contribution in [0.25, 0.3) is 21.4 Å². The third-order valence-corrected chi connectivity index (χ3v) is 3.72. The molecule has 0 amide bonds. The van der Waals surface area contributed by atoms with Crippen molar-refractivity contribution in [2.24, 2.45) is 5.92 Å². The van der Waals surface area contributed by atoms with Crippen LogP contribution >= 0.6 is 0 Å². The van der Waals surface area contributed by atoms with Crippen LogP contribution in [0.2, 0.25) is 0 Å². The number of carbonyl (C=O) groups excluding carboxylic acids is 1. The smallest absolute Gasteiger partial charge is 0.341 e. The van der Waals surface area contributed by atoms with E-state index in [1.165, 1.54) is 6.20 Å². The third-order valence-electron chi connectivity index (χ3n) is 3.72. The molecule has 3 rings (SSSR count). The van der Waals surface area contributed by atoms with Crippen LogP contribution in [0.3, 0.4) is 0 Å². The fourth-order valence-electron chi connectivity index (χ4n) is 2.64. The van der Waals surface area contributed by atoms with Gasteiger partial charge in [-0.25, -0.2) is 9.48 Å². The number of fused-ring (bicyclic) bond motifs is 1. The maximum absolute atomic E-state index is 11.8. The normalized spacial score (nSPS) is 11.0. The van der Waals surface area contributed by atoms with Crippen LogP contribution in [-0.2, 0) is 11.3 Å². The summed E-state index contributed by atoms with van der Waals surface area (Å²) in [7, 11) is 0. The number of ether oxygens (including phenoxy) is 1. The Balaban J connectivity index is 2.02. The zero-order valence-electron chi connectivity index (χ0n) is 14.4. The molecule has 0 saturated heterocycles. The van der Waals surface area contributed by atoms with Crippen molar-refractivity contribution >= 4 is 22.7 Å². The Bertz CT molecular complexity index is 962. The van der Waals surface area contributed by atoms with Gasteiger partial charge >= 0.3 is 11.8 Å². The summed E-state index contributed by atoms with van der Waals surface area (Å²) in [5.74, 6) is 0.399. The number of benzene rings is 1. The van der Waals surface area contributed by atoms with Crippen molar-refractivity contribution in [2.45, 2.75) is 27.3 Å². The molecule has 2 heterocycles. The standard InChI is InChI=1S/C18H19N5O2/c1-5-25-18(24)13-9-20-22(11-13)14-6-7-16-15(8-14)17(19-4)21-23(16)10-12(2)3/h6-9,11-12H,5,10H2,1-3H3. The minimum absolute atomic E-state index is 0.319. The molecular formula is C18H19N5O2. The first-order valence-corrected chi connectivity index (χ1v) is 8.13. The monoisotopic (exact) mass is 337 g/mol. The maximum Gasteiger partial charge on any atom is 0.341 e. The van der Waals surface area contributed by atoms with Crippen molar-refractivity contribution in [3.05, 3.63) is 47.6 Å². The van der Waals surface area contributed by atoms with Gasteiger partial charge in [0.25, 0.3) is 0 Å². The average molecular weight is 337 g/mol. The molecule has 0 aliphatic rings. The molecule has 128 valence electrons. The molecule has 7 heteroatoms. The number of hydrogen-bond acceptors (Lipinski definition) is 4. The van der Waals surface area contributed by atoms with Crippen molar-refractivity contribution in [1.29, 1.82) is 0 Å². The number of nitrogens with zero attached hydrogens (tertiary/aromatic N) is 5. The van der Waals surface area contributed by atoms with E-state index in [9.17, 15) is 4.79 Å². The Kier molecular flexibility index (Phi) is 4.52. The van der Waals surface area contributed by atoms with Crippen LogP contribution in [0.15, 0.2) is 30.6 Å². The van der Waals surface area contributed by atoms with Crippen LogP contribution in [0.1, 0.15) is 31.1 Å². The maximum atomic E-state index is 11.8. The van der Waals surface area contributed by atoms with Crippen LogP contribution in [-0.4, -0.2) is 32.1 Å². The Labute approximate surface area is 145 Å². The van der Waals surface area contributed by atoms with Gasteiger partial charge in [0.1, 0.15) is 0 Å². The second-order valence-corrected chi connectivity index (χ2v) is 6.11. The molecule has 0 spiro atoms. The molecule has 3 aromatic rings. The molecular weight excluding hydrogens is 318 g/mol. The predicted molar refractivity (Wildman–Crippen MR) is 93.9 cm³/mol. The van der Waals surface area contributed by atoms with E-state index in [4.69, 9.17) is 11.3 Å². The van der Waals surface area contributed by atoms with Crippen molar-refractivity contribution in [1.82, 2.24) is 19.6 Å². The first kappa shape index (κ1) is 16.7. The van der Waals surface area contributed by atoms with E-state index < -0.39 is 5.97 Å². The SMILES string of the molecule is [C-]#[N+]c1nn(CC(C)C)c2ccc(-n3cc(C(=O)OCC)cn3)cc12. The molecule has 2 aromatic heterocycles. The molecule has 0 aliphatic carbocycles. The van der Waals surface area contributed by atoms with Gasteiger partial charge in [-0.1, -0.05) is 20.4 Å². The van der Waals surface area contributed by atoms with Crippen LogP contribution < -0.4 is 0 Å². The summed E-state index contributed by atoms with van der Waals surface area (Å²) in [4.78, 5) is 15.3. The number of carbonyl (C=O) groups is 1. The lowest BCUT2D eigenvalue weighted by Gasteiger charge is -2.05. The largest absolute Gasteiger partial charge is 0.462 e. The summed E-state index contributed by atoms with van der Waals surface area (Å²) in [6.07, 6.45) is 3.09. The highest BCUT2D eigenvalue weighted by Gasteiger charge is 2.16. The van der Waals surface area contributed by atoms with E-state index in [0.29, 0.717) is 23.9 Å². The summed E-state index contributed by atoms with van der Waals surface area (Å²) < 4.78 is 8.44. The first-order valence-electron chi connectivity index (χ1n) is 8.13.